The van der Waals surface area contributed by atoms with E-state index in [0.717, 1.165) is 57.6 Å². The van der Waals surface area contributed by atoms with E-state index in [1.165, 1.54) is 20.3 Å². The Bertz CT molecular complexity index is 956. The van der Waals surface area contributed by atoms with Crippen LogP contribution in [0.25, 0.3) is 10.2 Å². The van der Waals surface area contributed by atoms with E-state index < -0.39 is 0 Å². The first-order valence-electron chi connectivity index (χ1n) is 11.0. The number of anilines is 1. The summed E-state index contributed by atoms with van der Waals surface area (Å²) < 4.78 is 1.28. The lowest BCUT2D eigenvalue weighted by atomic mass is 9.97. The SMILES string of the molecule is O=C(C[NH+]1CCC(c2nc3ccccc3s2)CC1)N1CCN(c2ccccc2)CC1. The van der Waals surface area contributed by atoms with Crippen LogP contribution in [0.1, 0.15) is 23.8 Å². The van der Waals surface area contributed by atoms with Gasteiger partial charge in [0.15, 0.2) is 6.54 Å². The van der Waals surface area contributed by atoms with E-state index in [1.54, 1.807) is 0 Å². The van der Waals surface area contributed by atoms with E-state index in [4.69, 9.17) is 4.98 Å². The highest BCUT2D eigenvalue weighted by molar-refractivity contribution is 7.18. The molecule has 1 amide bonds. The number of quaternary nitrogens is 1. The second-order valence-corrected chi connectivity index (χ2v) is 9.49. The highest BCUT2D eigenvalue weighted by Gasteiger charge is 2.29. The Kier molecular flexibility index (Phi) is 5.69. The Hall–Kier alpha value is -2.44. The second-order valence-electron chi connectivity index (χ2n) is 8.42. The molecule has 0 bridgehead atoms. The van der Waals surface area contributed by atoms with Crippen molar-refractivity contribution in [2.75, 3.05) is 50.7 Å². The summed E-state index contributed by atoms with van der Waals surface area (Å²) in [5.41, 5.74) is 2.38. The summed E-state index contributed by atoms with van der Waals surface area (Å²) in [5, 5.41) is 1.28. The monoisotopic (exact) mass is 421 g/mol. The molecule has 6 heteroatoms. The van der Waals surface area contributed by atoms with Gasteiger partial charge in [0.1, 0.15) is 0 Å². The molecule has 30 heavy (non-hydrogen) atoms. The van der Waals surface area contributed by atoms with Gasteiger partial charge in [-0.15, -0.1) is 11.3 Å². The zero-order chi connectivity index (χ0) is 20.3. The van der Waals surface area contributed by atoms with Crippen LogP contribution >= 0.6 is 11.3 Å². The fraction of sp³-hybridized carbons (Fsp3) is 0.417. The number of benzene rings is 2. The zero-order valence-electron chi connectivity index (χ0n) is 17.3. The van der Waals surface area contributed by atoms with Gasteiger partial charge >= 0.3 is 0 Å². The Morgan fingerprint density at radius 3 is 2.40 bits per heavy atom. The standard InChI is InChI=1S/C24H28N4OS/c29-23(28-16-14-27(15-17-28)20-6-2-1-3-7-20)18-26-12-10-19(11-13-26)24-25-21-8-4-5-9-22(21)30-24/h1-9,19H,10-18H2/p+1. The smallest absolute Gasteiger partial charge is 0.277 e. The molecule has 2 aliphatic rings. The van der Waals surface area contributed by atoms with Gasteiger partial charge in [0, 0.05) is 50.6 Å². The summed E-state index contributed by atoms with van der Waals surface area (Å²) in [6.07, 6.45) is 2.26. The molecule has 3 aromatic rings. The van der Waals surface area contributed by atoms with Crippen molar-refractivity contribution >= 4 is 33.1 Å². The van der Waals surface area contributed by atoms with Gasteiger partial charge in [-0.2, -0.15) is 0 Å². The van der Waals surface area contributed by atoms with Crippen molar-refractivity contribution in [3.05, 3.63) is 59.6 Å². The van der Waals surface area contributed by atoms with Crippen molar-refractivity contribution in [1.29, 1.82) is 0 Å². The summed E-state index contributed by atoms with van der Waals surface area (Å²) >= 11 is 1.84. The van der Waals surface area contributed by atoms with Gasteiger partial charge in [-0.25, -0.2) is 4.98 Å². The van der Waals surface area contributed by atoms with Gasteiger partial charge in [-0.3, -0.25) is 4.79 Å². The molecule has 2 aliphatic heterocycles. The highest BCUT2D eigenvalue weighted by Crippen LogP contribution is 2.31. The van der Waals surface area contributed by atoms with E-state index in [2.05, 4.69) is 58.3 Å². The Morgan fingerprint density at radius 2 is 1.67 bits per heavy atom. The Balaban J connectivity index is 1.10. The highest BCUT2D eigenvalue weighted by atomic mass is 32.1. The number of likely N-dealkylation sites (tertiary alicyclic amines) is 1. The maximum Gasteiger partial charge on any atom is 0.277 e. The molecule has 0 aliphatic carbocycles. The summed E-state index contributed by atoms with van der Waals surface area (Å²) in [6.45, 7) is 6.27. The fourth-order valence-electron chi connectivity index (χ4n) is 4.69. The average Bonchev–Trinajstić information content (AvgIpc) is 3.25. The maximum absolute atomic E-state index is 12.9. The molecule has 5 rings (SSSR count). The number of nitrogens with zero attached hydrogens (tertiary/aromatic N) is 3. The van der Waals surface area contributed by atoms with Crippen LogP contribution in [0.2, 0.25) is 0 Å². The molecule has 2 aromatic carbocycles. The number of hydrogen-bond acceptors (Lipinski definition) is 4. The van der Waals surface area contributed by atoms with Gasteiger partial charge in [-0.05, 0) is 24.3 Å². The summed E-state index contributed by atoms with van der Waals surface area (Å²) in [6, 6.07) is 18.9. The molecule has 1 aromatic heterocycles. The molecule has 1 N–H and O–H groups in total. The minimum absolute atomic E-state index is 0.316. The lowest BCUT2D eigenvalue weighted by molar-refractivity contribution is -0.897. The number of rotatable bonds is 4. The number of aromatic nitrogens is 1. The third-order valence-electron chi connectivity index (χ3n) is 6.51. The second kappa shape index (κ2) is 8.74. The molecule has 0 atom stereocenters. The number of thiazole rings is 1. The van der Waals surface area contributed by atoms with E-state index in [1.807, 2.05) is 17.4 Å². The quantitative estimate of drug-likeness (QED) is 0.703. The molecule has 3 heterocycles. The summed E-state index contributed by atoms with van der Waals surface area (Å²) in [7, 11) is 0. The van der Waals surface area contributed by atoms with Crippen LogP contribution in [0, 0.1) is 0 Å². The first kappa shape index (κ1) is 19.5. The number of carbonyl (C=O) groups excluding carboxylic acids is 1. The van der Waals surface area contributed by atoms with Crippen molar-refractivity contribution < 1.29 is 9.69 Å². The van der Waals surface area contributed by atoms with Crippen LogP contribution in [0.4, 0.5) is 5.69 Å². The molecule has 0 saturated carbocycles. The van der Waals surface area contributed by atoms with Gasteiger partial charge in [0.25, 0.3) is 5.91 Å². The molecular weight excluding hydrogens is 392 g/mol. The van der Waals surface area contributed by atoms with Crippen LogP contribution in [-0.4, -0.2) is 61.6 Å². The van der Waals surface area contributed by atoms with E-state index in [9.17, 15) is 4.79 Å². The van der Waals surface area contributed by atoms with Crippen LogP contribution in [0.5, 0.6) is 0 Å². The van der Waals surface area contributed by atoms with Crippen LogP contribution in [-0.2, 0) is 4.79 Å². The first-order chi connectivity index (χ1) is 14.8. The summed E-state index contributed by atoms with van der Waals surface area (Å²) in [5.74, 6) is 0.867. The summed E-state index contributed by atoms with van der Waals surface area (Å²) in [4.78, 5) is 23.6. The van der Waals surface area contributed by atoms with Crippen molar-refractivity contribution in [3.63, 3.8) is 0 Å². The van der Waals surface area contributed by atoms with E-state index in [-0.39, 0.29) is 0 Å². The number of piperidine rings is 1. The first-order valence-corrected chi connectivity index (χ1v) is 11.8. The van der Waals surface area contributed by atoms with Crippen molar-refractivity contribution in [3.8, 4) is 0 Å². The van der Waals surface area contributed by atoms with E-state index >= 15 is 0 Å². The zero-order valence-corrected chi connectivity index (χ0v) is 18.1. The average molecular weight is 422 g/mol. The fourth-order valence-corrected chi connectivity index (χ4v) is 5.83. The minimum atomic E-state index is 0.316. The van der Waals surface area contributed by atoms with Gasteiger partial charge in [-0.1, -0.05) is 30.3 Å². The lowest BCUT2D eigenvalue weighted by Gasteiger charge is -2.37. The lowest BCUT2D eigenvalue weighted by Crippen LogP contribution is -3.14. The number of amides is 1. The maximum atomic E-state index is 12.9. The molecule has 5 nitrogen and oxygen atoms in total. The number of nitrogens with one attached hydrogen (secondary N) is 1. The topological polar surface area (TPSA) is 40.9 Å². The minimum Gasteiger partial charge on any atom is -0.368 e. The largest absolute Gasteiger partial charge is 0.368 e. The van der Waals surface area contributed by atoms with Crippen molar-refractivity contribution in [2.45, 2.75) is 18.8 Å². The molecule has 2 saturated heterocycles. The molecule has 0 radical (unpaired) electrons. The molecule has 0 spiro atoms. The number of hydrogen-bond donors (Lipinski definition) is 1. The van der Waals surface area contributed by atoms with Gasteiger partial charge in [0.05, 0.1) is 28.3 Å². The predicted molar refractivity (Wildman–Crippen MR) is 122 cm³/mol. The van der Waals surface area contributed by atoms with Gasteiger partial charge in [0.2, 0.25) is 0 Å². The van der Waals surface area contributed by atoms with Crippen LogP contribution < -0.4 is 9.80 Å². The van der Waals surface area contributed by atoms with Crippen LogP contribution in [0.3, 0.4) is 0 Å². The Labute approximate surface area is 181 Å². The van der Waals surface area contributed by atoms with Crippen molar-refractivity contribution in [1.82, 2.24) is 9.88 Å². The van der Waals surface area contributed by atoms with Crippen molar-refractivity contribution in [2.24, 2.45) is 0 Å². The molecule has 0 unspecified atom stereocenters. The number of carbonyl (C=O) groups is 1. The molecule has 156 valence electrons. The predicted octanol–water partition coefficient (Wildman–Crippen LogP) is 2.41. The number of para-hydroxylation sites is 2. The normalized spacial score (nSPS) is 22.4. The van der Waals surface area contributed by atoms with E-state index in [0.29, 0.717) is 18.4 Å². The molecule has 2 fully saturated rings. The third-order valence-corrected chi connectivity index (χ3v) is 7.71. The Morgan fingerprint density at radius 1 is 0.967 bits per heavy atom. The number of piperazine rings is 1. The molecular formula is C24H29N4OS+. The third kappa shape index (κ3) is 4.20. The van der Waals surface area contributed by atoms with Crippen LogP contribution in [0.15, 0.2) is 54.6 Å². The number of fused-ring (bicyclic) bond motifs is 1. The van der Waals surface area contributed by atoms with Gasteiger partial charge < -0.3 is 14.7 Å².